The quantitative estimate of drug-likeness (QED) is 0.441. The maximum atomic E-state index is 12.5. The number of piperazine rings is 1. The van der Waals surface area contributed by atoms with Gasteiger partial charge in [-0.2, -0.15) is 4.98 Å². The summed E-state index contributed by atoms with van der Waals surface area (Å²) in [5.41, 5.74) is 3.12. The average Bonchev–Trinajstić information content (AvgIpc) is 3.07. The van der Waals surface area contributed by atoms with Gasteiger partial charge in [-0.05, 0) is 56.8 Å². The Kier molecular flexibility index (Phi) is 6.32. The SMILES string of the molecule is CCc1ccc(-c2c(C)sc3nc(Cl)nc(N4CCN(C(=O)OC(C)(C)C)CC4)c23)cc1. The molecule has 2 aromatic heterocycles. The van der Waals surface area contributed by atoms with Crippen molar-refractivity contribution in [1.29, 1.82) is 0 Å². The molecule has 170 valence electrons. The number of halogens is 1. The number of rotatable bonds is 3. The predicted octanol–water partition coefficient (Wildman–Crippen LogP) is 5.94. The van der Waals surface area contributed by atoms with Gasteiger partial charge in [-0.25, -0.2) is 9.78 Å². The van der Waals surface area contributed by atoms with Gasteiger partial charge in [0.05, 0.1) is 5.39 Å². The first-order valence-corrected chi connectivity index (χ1v) is 12.1. The number of carbonyl (C=O) groups is 1. The van der Waals surface area contributed by atoms with Crippen LogP contribution in [0.15, 0.2) is 24.3 Å². The van der Waals surface area contributed by atoms with E-state index in [0.29, 0.717) is 26.2 Å². The second-order valence-corrected chi connectivity index (χ2v) is 10.6. The van der Waals surface area contributed by atoms with Crippen LogP contribution < -0.4 is 4.90 Å². The van der Waals surface area contributed by atoms with Crippen LogP contribution in [0.4, 0.5) is 10.6 Å². The van der Waals surface area contributed by atoms with E-state index in [1.54, 1.807) is 16.2 Å². The lowest BCUT2D eigenvalue weighted by Gasteiger charge is -2.36. The fourth-order valence-electron chi connectivity index (χ4n) is 3.98. The number of hydrogen-bond donors (Lipinski definition) is 0. The molecule has 1 aliphatic rings. The third-order valence-corrected chi connectivity index (χ3v) is 6.73. The Morgan fingerprint density at radius 2 is 1.78 bits per heavy atom. The molecule has 3 aromatic rings. The summed E-state index contributed by atoms with van der Waals surface area (Å²) in [7, 11) is 0. The number of hydrogen-bond acceptors (Lipinski definition) is 6. The lowest BCUT2D eigenvalue weighted by atomic mass is 10.0. The van der Waals surface area contributed by atoms with Crippen molar-refractivity contribution in [2.24, 2.45) is 0 Å². The van der Waals surface area contributed by atoms with Crippen molar-refractivity contribution in [3.05, 3.63) is 40.0 Å². The van der Waals surface area contributed by atoms with E-state index < -0.39 is 5.60 Å². The summed E-state index contributed by atoms with van der Waals surface area (Å²) in [6, 6.07) is 8.70. The number of fused-ring (bicyclic) bond motifs is 1. The lowest BCUT2D eigenvalue weighted by molar-refractivity contribution is 0.0240. The minimum Gasteiger partial charge on any atom is -0.444 e. The van der Waals surface area contributed by atoms with Crippen LogP contribution >= 0.6 is 22.9 Å². The predicted molar refractivity (Wildman–Crippen MR) is 132 cm³/mol. The van der Waals surface area contributed by atoms with Gasteiger partial charge in [0.2, 0.25) is 5.28 Å². The molecule has 1 aliphatic heterocycles. The smallest absolute Gasteiger partial charge is 0.410 e. The van der Waals surface area contributed by atoms with Crippen LogP contribution in [0.1, 0.15) is 38.1 Å². The standard InChI is InChI=1S/C24H29ClN4O2S/c1-6-16-7-9-17(10-8-16)18-15(2)32-21-19(18)20(26-22(25)27-21)28-11-13-29(14-12-28)23(30)31-24(3,4)5/h7-10H,6,11-14H2,1-5H3. The maximum Gasteiger partial charge on any atom is 0.410 e. The Labute approximate surface area is 198 Å². The molecule has 0 saturated carbocycles. The molecule has 32 heavy (non-hydrogen) atoms. The van der Waals surface area contributed by atoms with Gasteiger partial charge < -0.3 is 14.5 Å². The number of benzene rings is 1. The van der Waals surface area contributed by atoms with Crippen LogP contribution in [0, 0.1) is 6.92 Å². The molecule has 0 spiro atoms. The fourth-order valence-corrected chi connectivity index (χ4v) is 5.23. The molecule has 4 rings (SSSR count). The van der Waals surface area contributed by atoms with Crippen molar-refractivity contribution < 1.29 is 9.53 Å². The van der Waals surface area contributed by atoms with Gasteiger partial charge in [-0.3, -0.25) is 0 Å². The highest BCUT2D eigenvalue weighted by molar-refractivity contribution is 7.19. The van der Waals surface area contributed by atoms with Crippen molar-refractivity contribution in [3.63, 3.8) is 0 Å². The summed E-state index contributed by atoms with van der Waals surface area (Å²) in [6.45, 7) is 12.4. The molecule has 0 unspecified atom stereocenters. The van der Waals surface area contributed by atoms with E-state index in [1.807, 2.05) is 20.8 Å². The molecule has 0 bridgehead atoms. The number of nitrogens with zero attached hydrogens (tertiary/aromatic N) is 4. The summed E-state index contributed by atoms with van der Waals surface area (Å²) < 4.78 is 5.53. The van der Waals surface area contributed by atoms with Gasteiger partial charge in [-0.1, -0.05) is 31.2 Å². The molecule has 3 heterocycles. The first kappa shape index (κ1) is 22.8. The molecule has 1 saturated heterocycles. The van der Waals surface area contributed by atoms with Crippen molar-refractivity contribution in [2.45, 2.75) is 46.6 Å². The minimum atomic E-state index is -0.503. The van der Waals surface area contributed by atoms with Crippen LogP contribution in [-0.2, 0) is 11.2 Å². The highest BCUT2D eigenvalue weighted by Crippen LogP contribution is 2.42. The Morgan fingerprint density at radius 1 is 1.12 bits per heavy atom. The molecule has 1 aromatic carbocycles. The number of aryl methyl sites for hydroxylation is 2. The lowest BCUT2D eigenvalue weighted by Crippen LogP contribution is -2.50. The zero-order chi connectivity index (χ0) is 23.0. The summed E-state index contributed by atoms with van der Waals surface area (Å²) in [6.07, 6.45) is 0.737. The zero-order valence-corrected chi connectivity index (χ0v) is 20.8. The van der Waals surface area contributed by atoms with E-state index in [-0.39, 0.29) is 11.4 Å². The van der Waals surface area contributed by atoms with E-state index in [0.717, 1.165) is 33.6 Å². The Balaban J connectivity index is 1.67. The third-order valence-electron chi connectivity index (χ3n) is 5.56. The van der Waals surface area contributed by atoms with Gasteiger partial charge in [0.15, 0.2) is 0 Å². The third kappa shape index (κ3) is 4.69. The molecule has 1 amide bonds. The number of carbonyl (C=O) groups excluding carboxylic acids is 1. The van der Waals surface area contributed by atoms with Crippen LogP contribution in [0.5, 0.6) is 0 Å². The summed E-state index contributed by atoms with van der Waals surface area (Å²) in [5.74, 6) is 0.836. The highest BCUT2D eigenvalue weighted by atomic mass is 35.5. The monoisotopic (exact) mass is 472 g/mol. The number of ether oxygens (including phenoxy) is 1. The van der Waals surface area contributed by atoms with E-state index in [9.17, 15) is 4.79 Å². The topological polar surface area (TPSA) is 58.6 Å². The Morgan fingerprint density at radius 3 is 2.38 bits per heavy atom. The summed E-state index contributed by atoms with van der Waals surface area (Å²) in [4.78, 5) is 27.7. The molecule has 0 N–H and O–H groups in total. The van der Waals surface area contributed by atoms with Gasteiger partial charge in [0, 0.05) is 36.6 Å². The molecule has 0 aliphatic carbocycles. The number of anilines is 1. The molecular formula is C24H29ClN4O2S. The van der Waals surface area contributed by atoms with Crippen LogP contribution in [-0.4, -0.2) is 52.7 Å². The Bertz CT molecular complexity index is 1130. The molecule has 6 nitrogen and oxygen atoms in total. The highest BCUT2D eigenvalue weighted by Gasteiger charge is 2.28. The zero-order valence-electron chi connectivity index (χ0n) is 19.2. The molecule has 0 radical (unpaired) electrons. The van der Waals surface area contributed by atoms with E-state index >= 15 is 0 Å². The van der Waals surface area contributed by atoms with Crippen molar-refractivity contribution in [3.8, 4) is 11.1 Å². The second-order valence-electron chi connectivity index (χ2n) is 9.03. The fraction of sp³-hybridized carbons (Fsp3) is 0.458. The molecule has 8 heteroatoms. The largest absolute Gasteiger partial charge is 0.444 e. The Hall–Kier alpha value is -2.38. The number of aromatic nitrogens is 2. The second kappa shape index (κ2) is 8.87. The summed E-state index contributed by atoms with van der Waals surface area (Å²) >= 11 is 7.96. The first-order valence-electron chi connectivity index (χ1n) is 10.9. The number of thiophene rings is 1. The summed E-state index contributed by atoms with van der Waals surface area (Å²) in [5, 5.41) is 1.28. The molecule has 0 atom stereocenters. The van der Waals surface area contributed by atoms with Crippen molar-refractivity contribution in [2.75, 3.05) is 31.1 Å². The van der Waals surface area contributed by atoms with E-state index in [2.05, 4.69) is 53.0 Å². The van der Waals surface area contributed by atoms with Crippen molar-refractivity contribution in [1.82, 2.24) is 14.9 Å². The van der Waals surface area contributed by atoms with Gasteiger partial charge in [0.1, 0.15) is 16.2 Å². The minimum absolute atomic E-state index is 0.246. The van der Waals surface area contributed by atoms with Crippen LogP contribution in [0.25, 0.3) is 21.3 Å². The van der Waals surface area contributed by atoms with Crippen LogP contribution in [0.2, 0.25) is 5.28 Å². The van der Waals surface area contributed by atoms with Gasteiger partial charge >= 0.3 is 6.09 Å². The van der Waals surface area contributed by atoms with Gasteiger partial charge in [0.25, 0.3) is 0 Å². The molecular weight excluding hydrogens is 444 g/mol. The van der Waals surface area contributed by atoms with E-state index in [1.165, 1.54) is 10.4 Å². The van der Waals surface area contributed by atoms with Crippen LogP contribution in [0.3, 0.4) is 0 Å². The van der Waals surface area contributed by atoms with Crippen molar-refractivity contribution >= 4 is 45.1 Å². The molecule has 1 fully saturated rings. The first-order chi connectivity index (χ1) is 15.2. The van der Waals surface area contributed by atoms with Gasteiger partial charge in [-0.15, -0.1) is 11.3 Å². The number of amides is 1. The normalized spacial score (nSPS) is 14.8. The maximum absolute atomic E-state index is 12.5. The average molecular weight is 473 g/mol. The van der Waals surface area contributed by atoms with E-state index in [4.69, 9.17) is 16.3 Å².